The fourth-order valence-corrected chi connectivity index (χ4v) is 2.57. The molecule has 2 atom stereocenters. The first-order chi connectivity index (χ1) is 9.45. The Morgan fingerprint density at radius 1 is 1.55 bits per heavy atom. The molecule has 0 amide bonds. The molecule has 2 unspecified atom stereocenters. The Hall–Kier alpha value is -1.17. The van der Waals surface area contributed by atoms with Gasteiger partial charge in [0.05, 0.1) is 18.3 Å². The van der Waals surface area contributed by atoms with Gasteiger partial charge in [0.15, 0.2) is 0 Å². The number of aliphatic hydroxyl groups excluding tert-OH is 1. The maximum Gasteiger partial charge on any atom is 0.128 e. The van der Waals surface area contributed by atoms with E-state index >= 15 is 0 Å². The minimum atomic E-state index is -0.274. The van der Waals surface area contributed by atoms with E-state index in [-0.39, 0.29) is 18.3 Å². The van der Waals surface area contributed by atoms with Crippen molar-refractivity contribution in [3.63, 3.8) is 0 Å². The Morgan fingerprint density at radius 2 is 2.30 bits per heavy atom. The number of ether oxygens (including phenoxy) is 1. The van der Waals surface area contributed by atoms with E-state index in [1.54, 1.807) is 0 Å². The van der Waals surface area contributed by atoms with Crippen molar-refractivity contribution in [1.29, 1.82) is 0 Å². The third-order valence-electron chi connectivity index (χ3n) is 3.71. The molecule has 1 aliphatic heterocycles. The van der Waals surface area contributed by atoms with Gasteiger partial charge < -0.3 is 20.1 Å². The molecule has 1 saturated heterocycles. The summed E-state index contributed by atoms with van der Waals surface area (Å²) >= 11 is 0. The number of anilines is 1. The quantitative estimate of drug-likeness (QED) is 0.871. The number of hydrogen-bond donors (Lipinski definition) is 2. The molecule has 112 valence electrons. The predicted octanol–water partition coefficient (Wildman–Crippen LogP) is 1.34. The van der Waals surface area contributed by atoms with Crippen molar-refractivity contribution in [2.24, 2.45) is 0 Å². The lowest BCUT2D eigenvalue weighted by molar-refractivity contribution is -0.101. The molecular formula is C15H25N3O2. The van der Waals surface area contributed by atoms with Gasteiger partial charge in [0, 0.05) is 25.3 Å². The van der Waals surface area contributed by atoms with Gasteiger partial charge in [-0.05, 0) is 39.4 Å². The van der Waals surface area contributed by atoms with Crippen molar-refractivity contribution in [2.75, 3.05) is 31.6 Å². The smallest absolute Gasteiger partial charge is 0.128 e. The number of nitrogens with one attached hydrogen (secondary N) is 1. The highest BCUT2D eigenvalue weighted by Crippen LogP contribution is 2.25. The zero-order chi connectivity index (χ0) is 14.8. The predicted molar refractivity (Wildman–Crippen MR) is 80.0 cm³/mol. The summed E-state index contributed by atoms with van der Waals surface area (Å²) in [5.41, 5.74) is 0.895. The summed E-state index contributed by atoms with van der Waals surface area (Å²) in [6, 6.07) is 4.43. The van der Waals surface area contributed by atoms with Crippen molar-refractivity contribution in [3.05, 3.63) is 23.9 Å². The highest BCUT2D eigenvalue weighted by Gasteiger charge is 2.33. The molecule has 1 aliphatic rings. The van der Waals surface area contributed by atoms with Gasteiger partial charge in [-0.3, -0.25) is 0 Å². The van der Waals surface area contributed by atoms with E-state index in [0.717, 1.165) is 12.4 Å². The molecule has 1 aromatic rings. The van der Waals surface area contributed by atoms with Gasteiger partial charge in [-0.15, -0.1) is 0 Å². The van der Waals surface area contributed by atoms with Gasteiger partial charge in [-0.1, -0.05) is 6.07 Å². The van der Waals surface area contributed by atoms with Crippen molar-refractivity contribution < 1.29 is 9.84 Å². The molecule has 5 nitrogen and oxygen atoms in total. The summed E-state index contributed by atoms with van der Waals surface area (Å²) in [5.74, 6) is 0.937. The van der Waals surface area contributed by atoms with Gasteiger partial charge >= 0.3 is 0 Å². The van der Waals surface area contributed by atoms with Crippen LogP contribution >= 0.6 is 0 Å². The van der Waals surface area contributed by atoms with E-state index < -0.39 is 0 Å². The fraction of sp³-hybridized carbons (Fsp3) is 0.667. The summed E-state index contributed by atoms with van der Waals surface area (Å²) in [4.78, 5) is 6.73. The highest BCUT2D eigenvalue weighted by molar-refractivity contribution is 5.41. The van der Waals surface area contributed by atoms with Crippen LogP contribution in [0.3, 0.4) is 0 Å². The second kappa shape index (κ2) is 6.08. The first-order valence-corrected chi connectivity index (χ1v) is 7.12. The van der Waals surface area contributed by atoms with Crippen LogP contribution in [0, 0.1) is 0 Å². The van der Waals surface area contributed by atoms with Gasteiger partial charge in [0.25, 0.3) is 0 Å². The van der Waals surface area contributed by atoms with Crippen LogP contribution in [-0.4, -0.2) is 48.5 Å². The minimum absolute atomic E-state index is 0.0365. The standard InChI is InChI=1S/C15H25N3O2/c1-11(16-4)12-5-6-14(17-7-12)18-8-13(9-19)20-15(2,3)10-18/h5-7,11,13,16,19H,8-10H2,1-4H3. The number of aromatic nitrogens is 1. The van der Waals surface area contributed by atoms with E-state index in [2.05, 4.69) is 28.2 Å². The Labute approximate surface area is 121 Å². The molecule has 0 radical (unpaired) electrons. The highest BCUT2D eigenvalue weighted by atomic mass is 16.5. The summed E-state index contributed by atoms with van der Waals surface area (Å²) in [7, 11) is 1.94. The molecule has 0 bridgehead atoms. The molecule has 0 spiro atoms. The van der Waals surface area contributed by atoms with Crippen LogP contribution in [-0.2, 0) is 4.74 Å². The average Bonchev–Trinajstić information content (AvgIpc) is 2.44. The van der Waals surface area contributed by atoms with Crippen molar-refractivity contribution in [1.82, 2.24) is 10.3 Å². The zero-order valence-corrected chi connectivity index (χ0v) is 12.8. The lowest BCUT2D eigenvalue weighted by Crippen LogP contribution is -2.54. The lowest BCUT2D eigenvalue weighted by Gasteiger charge is -2.42. The first-order valence-electron chi connectivity index (χ1n) is 7.12. The molecule has 5 heteroatoms. The lowest BCUT2D eigenvalue weighted by atomic mass is 10.0. The summed E-state index contributed by atoms with van der Waals surface area (Å²) < 4.78 is 5.82. The van der Waals surface area contributed by atoms with Crippen LogP contribution in [0.15, 0.2) is 18.3 Å². The van der Waals surface area contributed by atoms with Crippen molar-refractivity contribution in [3.8, 4) is 0 Å². The SMILES string of the molecule is CNC(C)c1ccc(N2CC(CO)OC(C)(C)C2)nc1. The van der Waals surface area contributed by atoms with E-state index in [1.807, 2.05) is 33.2 Å². The van der Waals surface area contributed by atoms with Gasteiger partial charge in [-0.25, -0.2) is 4.98 Å². The van der Waals surface area contributed by atoms with Crippen LogP contribution < -0.4 is 10.2 Å². The van der Waals surface area contributed by atoms with Gasteiger partial charge in [0.1, 0.15) is 5.82 Å². The summed E-state index contributed by atoms with van der Waals surface area (Å²) in [5, 5.41) is 12.6. The molecule has 0 aromatic carbocycles. The second-order valence-corrected chi connectivity index (χ2v) is 6.02. The number of pyridine rings is 1. The largest absolute Gasteiger partial charge is 0.394 e. The molecule has 2 N–H and O–H groups in total. The topological polar surface area (TPSA) is 57.6 Å². The van der Waals surface area contributed by atoms with E-state index in [0.29, 0.717) is 12.6 Å². The third-order valence-corrected chi connectivity index (χ3v) is 3.71. The Kier molecular flexibility index (Phi) is 4.62. The minimum Gasteiger partial charge on any atom is -0.394 e. The number of aliphatic hydroxyl groups is 1. The maximum atomic E-state index is 9.36. The Bertz CT molecular complexity index is 433. The molecule has 1 fully saturated rings. The van der Waals surface area contributed by atoms with E-state index in [1.165, 1.54) is 5.56 Å². The normalized spacial score (nSPS) is 23.6. The molecule has 0 aliphatic carbocycles. The first kappa shape index (κ1) is 15.2. The summed E-state index contributed by atoms with van der Waals surface area (Å²) in [6.45, 7) is 7.68. The van der Waals surface area contributed by atoms with Crippen LogP contribution in [0.5, 0.6) is 0 Å². The van der Waals surface area contributed by atoms with Gasteiger partial charge in [-0.2, -0.15) is 0 Å². The monoisotopic (exact) mass is 279 g/mol. The fourth-order valence-electron chi connectivity index (χ4n) is 2.57. The van der Waals surface area contributed by atoms with Crippen molar-refractivity contribution in [2.45, 2.75) is 38.5 Å². The number of morpholine rings is 1. The van der Waals surface area contributed by atoms with E-state index in [9.17, 15) is 5.11 Å². The van der Waals surface area contributed by atoms with Crippen LogP contribution in [0.1, 0.15) is 32.4 Å². The Morgan fingerprint density at radius 3 is 2.85 bits per heavy atom. The van der Waals surface area contributed by atoms with Gasteiger partial charge in [0.2, 0.25) is 0 Å². The molecule has 1 aromatic heterocycles. The van der Waals surface area contributed by atoms with Crippen molar-refractivity contribution >= 4 is 5.82 Å². The molecule has 2 rings (SSSR count). The van der Waals surface area contributed by atoms with Crippen LogP contribution in [0.25, 0.3) is 0 Å². The van der Waals surface area contributed by atoms with Crippen LogP contribution in [0.2, 0.25) is 0 Å². The van der Waals surface area contributed by atoms with E-state index in [4.69, 9.17) is 4.74 Å². The maximum absolute atomic E-state index is 9.36. The summed E-state index contributed by atoms with van der Waals surface area (Å²) in [6.07, 6.45) is 1.75. The van der Waals surface area contributed by atoms with Crippen LogP contribution in [0.4, 0.5) is 5.82 Å². The average molecular weight is 279 g/mol. The third kappa shape index (κ3) is 3.48. The molecule has 2 heterocycles. The number of hydrogen-bond acceptors (Lipinski definition) is 5. The molecular weight excluding hydrogens is 254 g/mol. The number of nitrogens with zero attached hydrogens (tertiary/aromatic N) is 2. The molecule has 20 heavy (non-hydrogen) atoms. The second-order valence-electron chi connectivity index (χ2n) is 6.02. The zero-order valence-electron chi connectivity index (χ0n) is 12.8. The number of rotatable bonds is 4. The Balaban J connectivity index is 2.14. The molecule has 0 saturated carbocycles.